The number of benzene rings is 1. The molecule has 10 nitrogen and oxygen atoms in total. The third-order valence-corrected chi connectivity index (χ3v) is 5.85. The molecule has 0 aliphatic carbocycles. The molecule has 1 aromatic carbocycles. The van der Waals surface area contributed by atoms with Crippen LogP contribution in [-0.4, -0.2) is 66.2 Å². The highest BCUT2D eigenvalue weighted by molar-refractivity contribution is 5.87. The van der Waals surface area contributed by atoms with E-state index in [-0.39, 0.29) is 29.9 Å². The highest BCUT2D eigenvalue weighted by atomic mass is 16.5. The Kier molecular flexibility index (Phi) is 8.61. The van der Waals surface area contributed by atoms with Gasteiger partial charge in [0.25, 0.3) is 0 Å². The predicted molar refractivity (Wildman–Crippen MR) is 128 cm³/mol. The fraction of sp³-hybridized carbons (Fsp3) is 0.542. The van der Waals surface area contributed by atoms with Gasteiger partial charge in [-0.05, 0) is 29.9 Å². The van der Waals surface area contributed by atoms with E-state index in [1.54, 1.807) is 0 Å². The predicted octanol–water partition coefficient (Wildman–Crippen LogP) is 1.84. The lowest BCUT2D eigenvalue weighted by molar-refractivity contribution is -0.128. The Morgan fingerprint density at radius 3 is 2.12 bits per heavy atom. The molecule has 184 valence electrons. The summed E-state index contributed by atoms with van der Waals surface area (Å²) in [6.07, 6.45) is 1.88. The van der Waals surface area contributed by atoms with Crippen LogP contribution >= 0.6 is 0 Å². The molecule has 2 aromatic rings. The van der Waals surface area contributed by atoms with Crippen molar-refractivity contribution >= 4 is 17.8 Å². The second kappa shape index (κ2) is 11.6. The third kappa shape index (κ3) is 6.79. The molecule has 0 unspecified atom stereocenters. The highest BCUT2D eigenvalue weighted by Crippen LogP contribution is 2.21. The molecule has 0 spiro atoms. The molecule has 10 heteroatoms. The summed E-state index contributed by atoms with van der Waals surface area (Å²) < 4.78 is 10.3. The number of hydrogen-bond donors (Lipinski definition) is 2. The Bertz CT molecular complexity index is 952. The fourth-order valence-corrected chi connectivity index (χ4v) is 3.91. The van der Waals surface area contributed by atoms with E-state index in [1.165, 1.54) is 26.7 Å². The van der Waals surface area contributed by atoms with E-state index in [4.69, 9.17) is 9.47 Å². The van der Waals surface area contributed by atoms with E-state index in [1.807, 2.05) is 17.0 Å². The number of aromatic nitrogens is 3. The van der Waals surface area contributed by atoms with Crippen molar-refractivity contribution in [2.45, 2.75) is 58.0 Å². The van der Waals surface area contributed by atoms with Gasteiger partial charge in [-0.3, -0.25) is 9.59 Å². The average Bonchev–Trinajstić information content (AvgIpc) is 2.83. The minimum absolute atomic E-state index is 0.00560. The molecule has 1 aromatic heterocycles. The fourth-order valence-electron chi connectivity index (χ4n) is 3.91. The Hall–Kier alpha value is -3.43. The lowest BCUT2D eigenvalue weighted by Crippen LogP contribution is -2.52. The molecule has 1 atom stereocenters. The minimum Gasteiger partial charge on any atom is -0.467 e. The van der Waals surface area contributed by atoms with Gasteiger partial charge < -0.3 is 25.0 Å². The number of carbonyl (C=O) groups is 2. The normalized spacial score (nSPS) is 15.1. The third-order valence-electron chi connectivity index (χ3n) is 5.85. The molecule has 1 saturated heterocycles. The molecule has 1 aliphatic rings. The van der Waals surface area contributed by atoms with Gasteiger partial charge in [-0.2, -0.15) is 9.97 Å². The summed E-state index contributed by atoms with van der Waals surface area (Å²) in [5, 5.41) is 5.91. The van der Waals surface area contributed by atoms with Crippen LogP contribution in [-0.2, 0) is 16.0 Å². The second-order valence-electron chi connectivity index (χ2n) is 8.73. The van der Waals surface area contributed by atoms with Gasteiger partial charge in [0.2, 0.25) is 17.8 Å². The number of ether oxygens (including phenoxy) is 2. The molecule has 34 heavy (non-hydrogen) atoms. The van der Waals surface area contributed by atoms with Gasteiger partial charge in [0.1, 0.15) is 6.04 Å². The topological polar surface area (TPSA) is 119 Å². The zero-order valence-corrected chi connectivity index (χ0v) is 20.5. The minimum atomic E-state index is -0.627. The summed E-state index contributed by atoms with van der Waals surface area (Å²) in [6.45, 7) is 7.02. The van der Waals surface area contributed by atoms with E-state index in [0.29, 0.717) is 31.4 Å². The van der Waals surface area contributed by atoms with E-state index in [0.717, 1.165) is 18.4 Å². The average molecular weight is 471 g/mol. The Balaban J connectivity index is 1.59. The monoisotopic (exact) mass is 470 g/mol. The summed E-state index contributed by atoms with van der Waals surface area (Å²) in [4.78, 5) is 39.4. The van der Waals surface area contributed by atoms with E-state index >= 15 is 0 Å². The zero-order chi connectivity index (χ0) is 24.7. The van der Waals surface area contributed by atoms with Gasteiger partial charge in [0, 0.05) is 32.5 Å². The molecule has 3 rings (SSSR count). The van der Waals surface area contributed by atoms with Crippen molar-refractivity contribution < 1.29 is 19.1 Å². The van der Waals surface area contributed by atoms with Crippen LogP contribution in [0.25, 0.3) is 0 Å². The van der Waals surface area contributed by atoms with Gasteiger partial charge in [-0.25, -0.2) is 0 Å². The smallest absolute Gasteiger partial charge is 0.324 e. The number of piperidine rings is 1. The van der Waals surface area contributed by atoms with Crippen molar-refractivity contribution in [1.82, 2.24) is 25.6 Å². The molecule has 1 aliphatic heterocycles. The van der Waals surface area contributed by atoms with Crippen LogP contribution < -0.4 is 25.0 Å². The number of nitrogens with zero attached hydrogens (tertiary/aromatic N) is 4. The van der Waals surface area contributed by atoms with Gasteiger partial charge >= 0.3 is 12.0 Å². The van der Waals surface area contributed by atoms with E-state index in [9.17, 15) is 9.59 Å². The Labute approximate surface area is 200 Å². The van der Waals surface area contributed by atoms with Crippen LogP contribution in [0.3, 0.4) is 0 Å². The first-order chi connectivity index (χ1) is 16.3. The van der Waals surface area contributed by atoms with Crippen LogP contribution in [0.1, 0.15) is 50.7 Å². The maximum absolute atomic E-state index is 13.0. The van der Waals surface area contributed by atoms with Crippen molar-refractivity contribution in [2.24, 2.45) is 0 Å². The van der Waals surface area contributed by atoms with Crippen LogP contribution in [0.4, 0.5) is 5.95 Å². The zero-order valence-electron chi connectivity index (χ0n) is 20.5. The number of rotatable bonds is 9. The first-order valence-corrected chi connectivity index (χ1v) is 11.5. The van der Waals surface area contributed by atoms with Gasteiger partial charge in [0.05, 0.1) is 14.2 Å². The summed E-state index contributed by atoms with van der Waals surface area (Å²) >= 11 is 0. The first-order valence-electron chi connectivity index (χ1n) is 11.5. The van der Waals surface area contributed by atoms with Gasteiger partial charge in [0.15, 0.2) is 0 Å². The summed E-state index contributed by atoms with van der Waals surface area (Å²) in [5.41, 5.74) is 2.25. The quantitative estimate of drug-likeness (QED) is 0.570. The molecular formula is C24H34N6O4. The van der Waals surface area contributed by atoms with Crippen molar-refractivity contribution in [3.8, 4) is 12.0 Å². The van der Waals surface area contributed by atoms with Crippen LogP contribution in [0.2, 0.25) is 0 Å². The van der Waals surface area contributed by atoms with Crippen LogP contribution in [0.15, 0.2) is 24.3 Å². The van der Waals surface area contributed by atoms with E-state index < -0.39 is 6.04 Å². The Morgan fingerprint density at radius 1 is 1.03 bits per heavy atom. The molecule has 1 fully saturated rings. The van der Waals surface area contributed by atoms with Gasteiger partial charge in [-0.15, -0.1) is 4.98 Å². The first kappa shape index (κ1) is 25.2. The van der Waals surface area contributed by atoms with Crippen LogP contribution in [0.5, 0.6) is 12.0 Å². The standard InChI is InChI=1S/C24H34N6O4/c1-15(2)18-8-6-17(7-9-18)14-20(25-16(3)31)21(32)26-19-10-12-30(13-11-19)22-27-23(33-4)29-24(28-22)34-5/h6-9,15,19-20H,10-14H2,1-5H3,(H,25,31)(H,26,32)/t20-/m0/s1. The number of carbonyl (C=O) groups excluding carboxylic acids is 2. The molecule has 2 N–H and O–H groups in total. The molecule has 0 saturated carbocycles. The number of nitrogens with one attached hydrogen (secondary N) is 2. The van der Waals surface area contributed by atoms with Crippen molar-refractivity contribution in [1.29, 1.82) is 0 Å². The maximum Gasteiger partial charge on any atom is 0.324 e. The summed E-state index contributed by atoms with van der Waals surface area (Å²) in [5.74, 6) is 0.514. The number of amides is 2. The number of methoxy groups -OCH3 is 2. The van der Waals surface area contributed by atoms with Gasteiger partial charge in [-0.1, -0.05) is 38.1 Å². The molecule has 2 amide bonds. The molecular weight excluding hydrogens is 436 g/mol. The van der Waals surface area contributed by atoms with Crippen molar-refractivity contribution in [2.75, 3.05) is 32.2 Å². The summed E-state index contributed by atoms with van der Waals surface area (Å²) in [6, 6.07) is 7.94. The SMILES string of the molecule is COc1nc(OC)nc(N2CCC(NC(=O)[C@H](Cc3ccc(C(C)C)cc3)NC(C)=O)CC2)n1. The van der Waals surface area contributed by atoms with Crippen molar-refractivity contribution in [3.05, 3.63) is 35.4 Å². The molecule has 0 bridgehead atoms. The maximum atomic E-state index is 13.0. The molecule has 0 radical (unpaired) electrons. The Morgan fingerprint density at radius 2 is 1.62 bits per heavy atom. The summed E-state index contributed by atoms with van der Waals surface area (Å²) in [7, 11) is 2.98. The lowest BCUT2D eigenvalue weighted by atomic mass is 9.98. The van der Waals surface area contributed by atoms with Crippen molar-refractivity contribution in [3.63, 3.8) is 0 Å². The number of anilines is 1. The number of hydrogen-bond acceptors (Lipinski definition) is 8. The van der Waals surface area contributed by atoms with E-state index in [2.05, 4.69) is 51.6 Å². The van der Waals surface area contributed by atoms with Crippen LogP contribution in [0, 0.1) is 0 Å². The lowest BCUT2D eigenvalue weighted by Gasteiger charge is -2.33. The second-order valence-corrected chi connectivity index (χ2v) is 8.73. The largest absolute Gasteiger partial charge is 0.467 e. The molecule has 2 heterocycles. The highest BCUT2D eigenvalue weighted by Gasteiger charge is 2.27.